The van der Waals surface area contributed by atoms with Crippen LogP contribution in [0.5, 0.6) is 0 Å². The Balaban J connectivity index is 0. The molecule has 0 atom stereocenters. The van der Waals surface area contributed by atoms with E-state index in [2.05, 4.69) is 10.0 Å². The summed E-state index contributed by atoms with van der Waals surface area (Å²) in [6, 6.07) is 0. The van der Waals surface area contributed by atoms with Crippen LogP contribution < -0.4 is 10.0 Å². The predicted molar refractivity (Wildman–Crippen MR) is 67.2 cm³/mol. The van der Waals surface area contributed by atoms with Crippen LogP contribution in [0.4, 0.5) is 0 Å². The number of ether oxygens (including phenoxy) is 1. The Morgan fingerprint density at radius 1 is 1.31 bits per heavy atom. The standard InChI is InChI=1S/C8H21N3O3S.ClH/c1-9-5-4-6-10-15(12,13)11(2)7-8-14-3;/h9-10H,4-8H2,1-3H3;1H. The zero-order valence-corrected chi connectivity index (χ0v) is 11.7. The van der Waals surface area contributed by atoms with Crippen LogP contribution in [-0.2, 0) is 14.9 Å². The molecule has 0 rings (SSSR count). The largest absolute Gasteiger partial charge is 0.383 e. The number of likely N-dealkylation sites (N-methyl/N-ethyl adjacent to an activating group) is 1. The second-order valence-corrected chi connectivity index (χ2v) is 5.03. The first kappa shape index (κ1) is 18.4. The zero-order valence-electron chi connectivity index (χ0n) is 10.0. The Morgan fingerprint density at radius 3 is 2.44 bits per heavy atom. The van der Waals surface area contributed by atoms with Gasteiger partial charge < -0.3 is 10.1 Å². The van der Waals surface area contributed by atoms with Gasteiger partial charge in [0.2, 0.25) is 0 Å². The van der Waals surface area contributed by atoms with E-state index in [4.69, 9.17) is 4.74 Å². The van der Waals surface area contributed by atoms with Crippen LogP contribution in [0.1, 0.15) is 6.42 Å². The quantitative estimate of drug-likeness (QED) is 0.553. The number of nitrogens with zero attached hydrogens (tertiary/aromatic N) is 1. The molecule has 100 valence electrons. The Morgan fingerprint density at radius 2 is 1.94 bits per heavy atom. The average Bonchev–Trinajstić information content (AvgIpc) is 2.21. The van der Waals surface area contributed by atoms with E-state index >= 15 is 0 Å². The second kappa shape index (κ2) is 10.2. The summed E-state index contributed by atoms with van der Waals surface area (Å²) in [5.41, 5.74) is 0. The summed E-state index contributed by atoms with van der Waals surface area (Å²) in [6.07, 6.45) is 0.772. The van der Waals surface area contributed by atoms with Gasteiger partial charge in [-0.15, -0.1) is 12.4 Å². The Labute approximate surface area is 104 Å². The van der Waals surface area contributed by atoms with Crippen LogP contribution in [0.2, 0.25) is 0 Å². The number of hydrogen-bond acceptors (Lipinski definition) is 4. The van der Waals surface area contributed by atoms with E-state index < -0.39 is 10.2 Å². The van der Waals surface area contributed by atoms with E-state index in [1.165, 1.54) is 11.4 Å². The molecule has 0 saturated heterocycles. The van der Waals surface area contributed by atoms with Gasteiger partial charge in [-0.05, 0) is 20.0 Å². The zero-order chi connectivity index (χ0) is 11.7. The van der Waals surface area contributed by atoms with Gasteiger partial charge in [0.1, 0.15) is 0 Å². The van der Waals surface area contributed by atoms with Crippen molar-refractivity contribution in [3.05, 3.63) is 0 Å². The highest BCUT2D eigenvalue weighted by molar-refractivity contribution is 7.87. The topological polar surface area (TPSA) is 70.7 Å². The van der Waals surface area contributed by atoms with Gasteiger partial charge in [-0.3, -0.25) is 0 Å². The van der Waals surface area contributed by atoms with Crippen molar-refractivity contribution in [2.24, 2.45) is 0 Å². The van der Waals surface area contributed by atoms with Crippen molar-refractivity contribution in [3.8, 4) is 0 Å². The molecule has 8 heteroatoms. The molecule has 0 aliphatic carbocycles. The molecule has 0 heterocycles. The molecule has 0 aromatic rings. The van der Waals surface area contributed by atoms with Gasteiger partial charge >= 0.3 is 0 Å². The molecule has 0 amide bonds. The lowest BCUT2D eigenvalue weighted by molar-refractivity contribution is 0.184. The number of nitrogens with one attached hydrogen (secondary N) is 2. The normalized spacial score (nSPS) is 11.5. The van der Waals surface area contributed by atoms with Gasteiger partial charge in [0.25, 0.3) is 10.2 Å². The van der Waals surface area contributed by atoms with Crippen molar-refractivity contribution in [2.75, 3.05) is 47.4 Å². The maximum atomic E-state index is 11.5. The lowest BCUT2D eigenvalue weighted by Gasteiger charge is -2.16. The monoisotopic (exact) mass is 275 g/mol. The summed E-state index contributed by atoms with van der Waals surface area (Å²) in [5.74, 6) is 0. The number of hydrogen-bond donors (Lipinski definition) is 2. The van der Waals surface area contributed by atoms with Gasteiger partial charge in [-0.25, -0.2) is 4.72 Å². The lowest BCUT2D eigenvalue weighted by atomic mass is 10.4. The Bertz CT molecular complexity index is 249. The molecule has 0 unspecified atom stereocenters. The van der Waals surface area contributed by atoms with Crippen LogP contribution in [-0.4, -0.2) is 60.2 Å². The van der Waals surface area contributed by atoms with Gasteiger partial charge in [0.15, 0.2) is 0 Å². The molecule has 0 aromatic carbocycles. The summed E-state index contributed by atoms with van der Waals surface area (Å²) in [4.78, 5) is 0. The summed E-state index contributed by atoms with van der Waals surface area (Å²) in [5, 5.41) is 2.95. The van der Waals surface area contributed by atoms with Crippen molar-refractivity contribution in [1.29, 1.82) is 0 Å². The SMILES string of the molecule is CNCCCNS(=O)(=O)N(C)CCOC.Cl. The summed E-state index contributed by atoms with van der Waals surface area (Å²) >= 11 is 0. The molecular weight excluding hydrogens is 254 g/mol. The second-order valence-electron chi connectivity index (χ2n) is 3.17. The van der Waals surface area contributed by atoms with Crippen LogP contribution in [0.3, 0.4) is 0 Å². The van der Waals surface area contributed by atoms with Crippen LogP contribution in [0, 0.1) is 0 Å². The molecule has 0 fully saturated rings. The van der Waals surface area contributed by atoms with Gasteiger partial charge in [0.05, 0.1) is 6.61 Å². The maximum absolute atomic E-state index is 11.5. The fourth-order valence-electron chi connectivity index (χ4n) is 0.917. The molecule has 0 aliphatic rings. The number of methoxy groups -OCH3 is 1. The van der Waals surface area contributed by atoms with Crippen LogP contribution >= 0.6 is 12.4 Å². The van der Waals surface area contributed by atoms with Crippen molar-refractivity contribution < 1.29 is 13.2 Å². The predicted octanol–water partition coefficient (Wildman–Crippen LogP) is -0.570. The smallest absolute Gasteiger partial charge is 0.279 e. The molecule has 0 aromatic heterocycles. The summed E-state index contributed by atoms with van der Waals surface area (Å²) in [7, 11) is 1.56. The third-order valence-electron chi connectivity index (χ3n) is 1.91. The molecule has 6 nitrogen and oxygen atoms in total. The first-order valence-corrected chi connectivity index (χ1v) is 6.33. The molecule has 16 heavy (non-hydrogen) atoms. The molecule has 0 spiro atoms. The number of halogens is 1. The first-order chi connectivity index (χ1) is 7.04. The third-order valence-corrected chi connectivity index (χ3v) is 3.48. The Kier molecular flexibility index (Phi) is 11.8. The van der Waals surface area contributed by atoms with Gasteiger partial charge in [0, 0.05) is 27.2 Å². The molecule has 0 aliphatic heterocycles. The van der Waals surface area contributed by atoms with E-state index in [1.807, 2.05) is 7.05 Å². The van der Waals surface area contributed by atoms with Gasteiger partial charge in [-0.2, -0.15) is 12.7 Å². The third kappa shape index (κ3) is 8.26. The van der Waals surface area contributed by atoms with Crippen molar-refractivity contribution in [1.82, 2.24) is 14.3 Å². The summed E-state index contributed by atoms with van der Waals surface area (Å²) in [6.45, 7) is 2.00. The first-order valence-electron chi connectivity index (χ1n) is 4.89. The lowest BCUT2D eigenvalue weighted by Crippen LogP contribution is -2.40. The highest BCUT2D eigenvalue weighted by Crippen LogP contribution is 1.93. The van der Waals surface area contributed by atoms with E-state index in [0.717, 1.165) is 13.0 Å². The fraction of sp³-hybridized carbons (Fsp3) is 1.00. The molecule has 0 radical (unpaired) electrons. The van der Waals surface area contributed by atoms with E-state index in [-0.39, 0.29) is 12.4 Å². The van der Waals surface area contributed by atoms with Crippen LogP contribution in [0.15, 0.2) is 0 Å². The highest BCUT2D eigenvalue weighted by atomic mass is 35.5. The fourth-order valence-corrected chi connectivity index (χ4v) is 1.85. The molecule has 0 saturated carbocycles. The minimum absolute atomic E-state index is 0. The van der Waals surface area contributed by atoms with Crippen molar-refractivity contribution in [2.45, 2.75) is 6.42 Å². The minimum atomic E-state index is -3.34. The molecule has 0 bridgehead atoms. The number of rotatable bonds is 9. The minimum Gasteiger partial charge on any atom is -0.383 e. The van der Waals surface area contributed by atoms with E-state index in [1.54, 1.807) is 7.11 Å². The van der Waals surface area contributed by atoms with Crippen LogP contribution in [0.25, 0.3) is 0 Å². The van der Waals surface area contributed by atoms with Crippen molar-refractivity contribution in [3.63, 3.8) is 0 Å². The average molecular weight is 276 g/mol. The highest BCUT2D eigenvalue weighted by Gasteiger charge is 2.15. The maximum Gasteiger partial charge on any atom is 0.279 e. The Hall–Kier alpha value is 0.0800. The van der Waals surface area contributed by atoms with E-state index in [9.17, 15) is 8.42 Å². The van der Waals surface area contributed by atoms with E-state index in [0.29, 0.717) is 19.7 Å². The van der Waals surface area contributed by atoms with Gasteiger partial charge in [-0.1, -0.05) is 0 Å². The molecular formula is C8H22ClN3O3S. The summed E-state index contributed by atoms with van der Waals surface area (Å²) < 4.78 is 31.6. The van der Waals surface area contributed by atoms with Crippen molar-refractivity contribution >= 4 is 22.6 Å². The molecule has 2 N–H and O–H groups in total.